The van der Waals surface area contributed by atoms with Crippen molar-refractivity contribution in [2.75, 3.05) is 6.61 Å². The van der Waals surface area contributed by atoms with Gasteiger partial charge in [0, 0.05) is 10.7 Å². The molecule has 0 atom stereocenters. The second kappa shape index (κ2) is 6.00. The van der Waals surface area contributed by atoms with Crippen molar-refractivity contribution >= 4 is 21.9 Å². The van der Waals surface area contributed by atoms with Crippen LogP contribution in [0.2, 0.25) is 0 Å². The van der Waals surface area contributed by atoms with Crippen molar-refractivity contribution in [1.29, 1.82) is 0 Å². The molecule has 4 nitrogen and oxygen atoms in total. The van der Waals surface area contributed by atoms with Gasteiger partial charge in [0.05, 0.1) is 19.2 Å². The zero-order valence-corrected chi connectivity index (χ0v) is 11.8. The van der Waals surface area contributed by atoms with Gasteiger partial charge in [-0.1, -0.05) is 0 Å². The summed E-state index contributed by atoms with van der Waals surface area (Å²) in [5, 5.41) is 0. The first kappa shape index (κ1) is 14.0. The molecule has 0 saturated carbocycles. The van der Waals surface area contributed by atoms with Crippen molar-refractivity contribution in [1.82, 2.24) is 4.98 Å². The molecule has 0 radical (unpaired) electrons. The number of rotatable bonds is 4. The minimum atomic E-state index is -0.450. The molecule has 1 aromatic rings. The number of esters is 1. The van der Waals surface area contributed by atoms with Crippen LogP contribution in [0, 0.1) is 0 Å². The molecule has 0 N–H and O–H groups in total. The molecule has 1 aromatic heterocycles. The molecule has 0 aliphatic heterocycles. The first-order valence-corrected chi connectivity index (χ1v) is 6.11. The number of aromatic nitrogens is 1. The number of hydrogen-bond acceptors (Lipinski definition) is 4. The minimum absolute atomic E-state index is 0.226. The summed E-state index contributed by atoms with van der Waals surface area (Å²) in [6.45, 7) is 5.80. The average Bonchev–Trinajstić information content (AvgIpc) is 2.14. The third-order valence-electron chi connectivity index (χ3n) is 1.67. The van der Waals surface area contributed by atoms with Gasteiger partial charge >= 0.3 is 5.97 Å². The summed E-state index contributed by atoms with van der Waals surface area (Å²) in [7, 11) is 0. The monoisotopic (exact) mass is 301 g/mol. The highest BCUT2D eigenvalue weighted by Crippen LogP contribution is 2.16. The Kier molecular flexibility index (Phi) is 4.93. The number of carbonyl (C=O) groups excluding carboxylic acids is 1. The van der Waals surface area contributed by atoms with Gasteiger partial charge in [-0.2, -0.15) is 0 Å². The Bertz CT molecular complexity index is 388. The van der Waals surface area contributed by atoms with E-state index in [9.17, 15) is 4.79 Å². The Morgan fingerprint density at radius 2 is 2.12 bits per heavy atom. The molecule has 1 rings (SSSR count). The Balaban J connectivity index is 2.31. The zero-order chi connectivity index (χ0) is 12.9. The number of pyridine rings is 1. The van der Waals surface area contributed by atoms with Crippen molar-refractivity contribution in [3.05, 3.63) is 22.9 Å². The standard InChI is InChI=1S/C12H16BrNO3/c1-12(2,3)17-11(15)4-5-16-10-6-9(13)7-14-8-10/h6-8H,4-5H2,1-3H3. The van der Waals surface area contributed by atoms with Crippen LogP contribution in [0.4, 0.5) is 0 Å². The van der Waals surface area contributed by atoms with Crippen molar-refractivity contribution < 1.29 is 14.3 Å². The molecule has 0 aliphatic rings. The molecule has 94 valence electrons. The highest BCUT2D eigenvalue weighted by molar-refractivity contribution is 9.10. The van der Waals surface area contributed by atoms with Crippen molar-refractivity contribution in [3.63, 3.8) is 0 Å². The van der Waals surface area contributed by atoms with Gasteiger partial charge in [0.25, 0.3) is 0 Å². The molecule has 0 saturated heterocycles. The van der Waals surface area contributed by atoms with Gasteiger partial charge in [-0.3, -0.25) is 9.78 Å². The largest absolute Gasteiger partial charge is 0.491 e. The summed E-state index contributed by atoms with van der Waals surface area (Å²) in [5.41, 5.74) is -0.450. The summed E-state index contributed by atoms with van der Waals surface area (Å²) in [5.74, 6) is 0.364. The SMILES string of the molecule is CC(C)(C)OC(=O)CCOc1cncc(Br)c1. The maximum Gasteiger partial charge on any atom is 0.309 e. The molecule has 0 aromatic carbocycles. The van der Waals surface area contributed by atoms with Crippen LogP contribution in [0.15, 0.2) is 22.9 Å². The topological polar surface area (TPSA) is 48.4 Å². The molecular weight excluding hydrogens is 286 g/mol. The zero-order valence-electron chi connectivity index (χ0n) is 10.2. The second-order valence-electron chi connectivity index (χ2n) is 4.52. The van der Waals surface area contributed by atoms with Gasteiger partial charge in [0.1, 0.15) is 11.4 Å². The minimum Gasteiger partial charge on any atom is -0.491 e. The third kappa shape index (κ3) is 6.26. The molecule has 0 amide bonds. The number of carbonyl (C=O) groups is 1. The third-order valence-corrected chi connectivity index (χ3v) is 2.11. The predicted molar refractivity (Wildman–Crippen MR) is 67.9 cm³/mol. The van der Waals surface area contributed by atoms with Crippen LogP contribution in [0.25, 0.3) is 0 Å². The normalized spacial score (nSPS) is 11.1. The Hall–Kier alpha value is -1.10. The Morgan fingerprint density at radius 3 is 2.71 bits per heavy atom. The number of halogens is 1. The van der Waals surface area contributed by atoms with E-state index < -0.39 is 5.60 Å². The molecule has 0 bridgehead atoms. The summed E-state index contributed by atoms with van der Waals surface area (Å²) in [4.78, 5) is 15.3. The average molecular weight is 302 g/mol. The van der Waals surface area contributed by atoms with Crippen LogP contribution in [0.1, 0.15) is 27.2 Å². The molecule has 17 heavy (non-hydrogen) atoms. The van der Waals surface area contributed by atoms with E-state index in [2.05, 4.69) is 20.9 Å². The summed E-state index contributed by atoms with van der Waals surface area (Å²) < 4.78 is 11.4. The van der Waals surface area contributed by atoms with Gasteiger partial charge < -0.3 is 9.47 Å². The molecule has 5 heteroatoms. The van der Waals surface area contributed by atoms with Gasteiger partial charge in [0.2, 0.25) is 0 Å². The van der Waals surface area contributed by atoms with Crippen LogP contribution in [-0.2, 0) is 9.53 Å². The maximum absolute atomic E-state index is 11.4. The fourth-order valence-electron chi connectivity index (χ4n) is 1.12. The Labute approximate surface area is 109 Å². The molecule has 0 unspecified atom stereocenters. The summed E-state index contributed by atoms with van der Waals surface area (Å²) in [6, 6.07) is 1.79. The van der Waals surface area contributed by atoms with Gasteiger partial charge in [-0.05, 0) is 42.8 Å². The van der Waals surface area contributed by atoms with Crippen LogP contribution < -0.4 is 4.74 Å². The lowest BCUT2D eigenvalue weighted by Crippen LogP contribution is -2.24. The van der Waals surface area contributed by atoms with Gasteiger partial charge in [-0.15, -0.1) is 0 Å². The Morgan fingerprint density at radius 1 is 1.41 bits per heavy atom. The van der Waals surface area contributed by atoms with E-state index in [1.807, 2.05) is 20.8 Å². The van der Waals surface area contributed by atoms with Crippen LogP contribution in [-0.4, -0.2) is 23.2 Å². The number of hydrogen-bond donors (Lipinski definition) is 0. The maximum atomic E-state index is 11.4. The van der Waals surface area contributed by atoms with E-state index in [1.54, 1.807) is 18.5 Å². The molecule has 0 spiro atoms. The predicted octanol–water partition coefficient (Wildman–Crippen LogP) is 2.95. The highest BCUT2D eigenvalue weighted by Gasteiger charge is 2.15. The van der Waals surface area contributed by atoms with Crippen molar-refractivity contribution in [3.8, 4) is 5.75 Å². The lowest BCUT2D eigenvalue weighted by atomic mass is 10.2. The van der Waals surface area contributed by atoms with Crippen LogP contribution in [0.5, 0.6) is 5.75 Å². The number of ether oxygens (including phenoxy) is 2. The van der Waals surface area contributed by atoms with E-state index in [4.69, 9.17) is 9.47 Å². The van der Waals surface area contributed by atoms with Gasteiger partial charge in [-0.25, -0.2) is 0 Å². The lowest BCUT2D eigenvalue weighted by molar-refractivity contribution is -0.155. The number of nitrogens with zero attached hydrogens (tertiary/aromatic N) is 1. The molecule has 1 heterocycles. The second-order valence-corrected chi connectivity index (χ2v) is 5.44. The first-order chi connectivity index (χ1) is 7.87. The van der Waals surface area contributed by atoms with Crippen LogP contribution >= 0.6 is 15.9 Å². The first-order valence-electron chi connectivity index (χ1n) is 5.32. The molecular formula is C12H16BrNO3. The van der Waals surface area contributed by atoms with E-state index in [0.717, 1.165) is 4.47 Å². The van der Waals surface area contributed by atoms with E-state index in [0.29, 0.717) is 5.75 Å². The quantitative estimate of drug-likeness (QED) is 0.802. The van der Waals surface area contributed by atoms with E-state index in [-0.39, 0.29) is 19.0 Å². The smallest absolute Gasteiger partial charge is 0.309 e. The summed E-state index contributed by atoms with van der Waals surface area (Å²) >= 11 is 3.29. The molecule has 0 aliphatic carbocycles. The fourth-order valence-corrected chi connectivity index (χ4v) is 1.46. The highest BCUT2D eigenvalue weighted by atomic mass is 79.9. The van der Waals surface area contributed by atoms with E-state index in [1.165, 1.54) is 0 Å². The van der Waals surface area contributed by atoms with E-state index >= 15 is 0 Å². The van der Waals surface area contributed by atoms with Gasteiger partial charge in [0.15, 0.2) is 0 Å². The van der Waals surface area contributed by atoms with Crippen molar-refractivity contribution in [2.24, 2.45) is 0 Å². The van der Waals surface area contributed by atoms with Crippen LogP contribution in [0.3, 0.4) is 0 Å². The lowest BCUT2D eigenvalue weighted by Gasteiger charge is -2.19. The fraction of sp³-hybridized carbons (Fsp3) is 0.500. The van der Waals surface area contributed by atoms with Crippen molar-refractivity contribution in [2.45, 2.75) is 32.8 Å². The summed E-state index contributed by atoms with van der Waals surface area (Å²) in [6.07, 6.45) is 3.49. The molecule has 0 fully saturated rings.